The van der Waals surface area contributed by atoms with E-state index in [4.69, 9.17) is 0 Å². The Kier molecular flexibility index (Phi) is 4.42. The third-order valence-corrected chi connectivity index (χ3v) is 3.90. The first kappa shape index (κ1) is 15.9. The summed E-state index contributed by atoms with van der Waals surface area (Å²) in [6.45, 7) is 4.04. The molecular weight excluding hydrogens is 302 g/mol. The molecule has 0 bridgehead atoms. The van der Waals surface area contributed by atoms with E-state index in [1.165, 1.54) is 6.92 Å². The van der Waals surface area contributed by atoms with Crippen molar-refractivity contribution in [3.05, 3.63) is 59.8 Å². The Balaban J connectivity index is 1.66. The zero-order chi connectivity index (χ0) is 17.1. The van der Waals surface area contributed by atoms with E-state index in [-0.39, 0.29) is 11.7 Å². The molecule has 5 nitrogen and oxygen atoms in total. The maximum atomic E-state index is 12.2. The van der Waals surface area contributed by atoms with Crippen LogP contribution in [0.4, 0.5) is 5.69 Å². The number of nitrogens with one attached hydrogen (secondary N) is 1. The van der Waals surface area contributed by atoms with Gasteiger partial charge in [0.15, 0.2) is 5.78 Å². The van der Waals surface area contributed by atoms with Gasteiger partial charge < -0.3 is 5.32 Å². The Morgan fingerprint density at radius 2 is 2.00 bits per heavy atom. The molecule has 0 saturated heterocycles. The monoisotopic (exact) mass is 321 g/mol. The Hall–Kier alpha value is -2.95. The van der Waals surface area contributed by atoms with E-state index >= 15 is 0 Å². The van der Waals surface area contributed by atoms with Gasteiger partial charge in [-0.2, -0.15) is 5.10 Å². The highest BCUT2D eigenvalue weighted by atomic mass is 16.1. The summed E-state index contributed by atoms with van der Waals surface area (Å²) in [5.41, 5.74) is 3.41. The second-order valence-electron chi connectivity index (χ2n) is 5.87. The van der Waals surface area contributed by atoms with Crippen molar-refractivity contribution in [1.29, 1.82) is 0 Å². The summed E-state index contributed by atoms with van der Waals surface area (Å²) in [5.74, 6) is -0.128. The standard InChI is InChI=1S/C19H19N3O2/c1-13-6-7-16-12-20-22(18(16)10-13)9-8-19(24)21-17-5-3-4-15(11-17)14(2)23/h3-7,10-12H,8-9H2,1-2H3,(H,21,24). The molecule has 3 rings (SSSR count). The molecule has 5 heteroatoms. The third-order valence-electron chi connectivity index (χ3n) is 3.90. The Bertz CT molecular complexity index is 912. The van der Waals surface area contributed by atoms with Crippen LogP contribution in [0.15, 0.2) is 48.7 Å². The first-order valence-electron chi connectivity index (χ1n) is 7.86. The first-order valence-corrected chi connectivity index (χ1v) is 7.86. The summed E-state index contributed by atoms with van der Waals surface area (Å²) in [5, 5.41) is 8.24. The van der Waals surface area contributed by atoms with Gasteiger partial charge in [0.25, 0.3) is 0 Å². The lowest BCUT2D eigenvalue weighted by molar-refractivity contribution is -0.116. The third kappa shape index (κ3) is 3.51. The molecule has 1 aromatic heterocycles. The van der Waals surface area contributed by atoms with Crippen molar-refractivity contribution in [2.75, 3.05) is 5.32 Å². The van der Waals surface area contributed by atoms with Crippen LogP contribution in [0.3, 0.4) is 0 Å². The minimum absolute atomic E-state index is 0.0236. The highest BCUT2D eigenvalue weighted by molar-refractivity contribution is 5.97. The molecule has 0 aliphatic carbocycles. The van der Waals surface area contributed by atoms with Crippen LogP contribution >= 0.6 is 0 Å². The van der Waals surface area contributed by atoms with Crippen molar-refractivity contribution < 1.29 is 9.59 Å². The molecule has 3 aromatic rings. The number of nitrogens with zero attached hydrogens (tertiary/aromatic N) is 2. The van der Waals surface area contributed by atoms with Crippen LogP contribution in [-0.2, 0) is 11.3 Å². The van der Waals surface area contributed by atoms with Gasteiger partial charge >= 0.3 is 0 Å². The number of hydrogen-bond donors (Lipinski definition) is 1. The molecule has 0 aliphatic heterocycles. The molecule has 0 fully saturated rings. The van der Waals surface area contributed by atoms with Gasteiger partial charge in [-0.05, 0) is 37.6 Å². The molecule has 2 aromatic carbocycles. The molecule has 0 radical (unpaired) electrons. The number of benzene rings is 2. The number of rotatable bonds is 5. The number of amides is 1. The van der Waals surface area contributed by atoms with Gasteiger partial charge in [0.1, 0.15) is 0 Å². The molecule has 0 atom stereocenters. The molecule has 0 unspecified atom stereocenters. The summed E-state index contributed by atoms with van der Waals surface area (Å²) in [6.07, 6.45) is 2.12. The summed E-state index contributed by atoms with van der Waals surface area (Å²) >= 11 is 0. The molecule has 1 amide bonds. The quantitative estimate of drug-likeness (QED) is 0.731. The van der Waals surface area contributed by atoms with Gasteiger partial charge in [0.05, 0.1) is 18.3 Å². The molecule has 122 valence electrons. The number of carbonyl (C=O) groups is 2. The largest absolute Gasteiger partial charge is 0.326 e. The molecule has 0 aliphatic rings. The second-order valence-corrected chi connectivity index (χ2v) is 5.87. The number of aryl methyl sites for hydroxylation is 2. The first-order chi connectivity index (χ1) is 11.5. The topological polar surface area (TPSA) is 64.0 Å². The van der Waals surface area contributed by atoms with Crippen LogP contribution in [0, 0.1) is 6.92 Å². The van der Waals surface area contributed by atoms with Crippen molar-refractivity contribution in [2.24, 2.45) is 0 Å². The number of ketones is 1. The van der Waals surface area contributed by atoms with Crippen LogP contribution in [0.1, 0.15) is 29.3 Å². The molecular formula is C19H19N3O2. The average molecular weight is 321 g/mol. The highest BCUT2D eigenvalue weighted by Gasteiger charge is 2.08. The smallest absolute Gasteiger partial charge is 0.226 e. The number of fused-ring (bicyclic) bond motifs is 1. The van der Waals surface area contributed by atoms with E-state index in [0.29, 0.717) is 24.2 Å². The van der Waals surface area contributed by atoms with Crippen LogP contribution < -0.4 is 5.32 Å². The van der Waals surface area contributed by atoms with Crippen molar-refractivity contribution in [3.63, 3.8) is 0 Å². The van der Waals surface area contributed by atoms with E-state index in [1.807, 2.05) is 29.9 Å². The summed E-state index contributed by atoms with van der Waals surface area (Å²) in [7, 11) is 0. The van der Waals surface area contributed by atoms with Crippen LogP contribution in [0.2, 0.25) is 0 Å². The fraction of sp³-hybridized carbons (Fsp3) is 0.211. The Morgan fingerprint density at radius 1 is 1.17 bits per heavy atom. The lowest BCUT2D eigenvalue weighted by Crippen LogP contribution is -2.15. The van der Waals surface area contributed by atoms with Crippen LogP contribution in [0.25, 0.3) is 10.9 Å². The maximum Gasteiger partial charge on any atom is 0.226 e. The SMILES string of the molecule is CC(=O)c1cccc(NC(=O)CCn2ncc3ccc(C)cc32)c1. The second kappa shape index (κ2) is 6.66. The van der Waals surface area contributed by atoms with E-state index < -0.39 is 0 Å². The van der Waals surface area contributed by atoms with Crippen LogP contribution in [0.5, 0.6) is 0 Å². The lowest BCUT2D eigenvalue weighted by Gasteiger charge is -2.07. The molecule has 0 spiro atoms. The molecule has 1 N–H and O–H groups in total. The molecule has 0 saturated carbocycles. The molecule has 24 heavy (non-hydrogen) atoms. The Morgan fingerprint density at radius 3 is 2.79 bits per heavy atom. The van der Waals surface area contributed by atoms with Gasteiger partial charge in [0.2, 0.25) is 5.91 Å². The predicted molar refractivity (Wildman–Crippen MR) is 94.2 cm³/mol. The fourth-order valence-electron chi connectivity index (χ4n) is 2.61. The normalized spacial score (nSPS) is 10.8. The lowest BCUT2D eigenvalue weighted by atomic mass is 10.1. The van der Waals surface area contributed by atoms with E-state index in [9.17, 15) is 9.59 Å². The predicted octanol–water partition coefficient (Wildman–Crippen LogP) is 3.58. The summed E-state index contributed by atoms with van der Waals surface area (Å²) in [4.78, 5) is 23.5. The van der Waals surface area contributed by atoms with E-state index in [2.05, 4.69) is 16.5 Å². The van der Waals surface area contributed by atoms with Gasteiger partial charge in [-0.3, -0.25) is 14.3 Å². The van der Waals surface area contributed by atoms with Crippen LogP contribution in [-0.4, -0.2) is 21.5 Å². The zero-order valence-electron chi connectivity index (χ0n) is 13.7. The van der Waals surface area contributed by atoms with E-state index in [1.54, 1.807) is 24.3 Å². The van der Waals surface area contributed by atoms with Crippen molar-refractivity contribution in [3.8, 4) is 0 Å². The van der Waals surface area contributed by atoms with Gasteiger partial charge in [-0.25, -0.2) is 0 Å². The van der Waals surface area contributed by atoms with Gasteiger partial charge in [-0.15, -0.1) is 0 Å². The number of Topliss-reactive ketones (excluding diaryl/α,β-unsaturated/α-hetero) is 1. The van der Waals surface area contributed by atoms with Crippen molar-refractivity contribution in [2.45, 2.75) is 26.8 Å². The maximum absolute atomic E-state index is 12.2. The summed E-state index contributed by atoms with van der Waals surface area (Å²) < 4.78 is 1.84. The zero-order valence-corrected chi connectivity index (χ0v) is 13.7. The van der Waals surface area contributed by atoms with Crippen molar-refractivity contribution >= 4 is 28.3 Å². The number of aromatic nitrogens is 2. The van der Waals surface area contributed by atoms with Gasteiger partial charge in [-0.1, -0.05) is 24.3 Å². The average Bonchev–Trinajstić information content (AvgIpc) is 2.95. The molecule has 1 heterocycles. The minimum Gasteiger partial charge on any atom is -0.326 e. The number of anilines is 1. The highest BCUT2D eigenvalue weighted by Crippen LogP contribution is 2.16. The van der Waals surface area contributed by atoms with E-state index in [0.717, 1.165) is 16.5 Å². The minimum atomic E-state index is -0.105. The van der Waals surface area contributed by atoms with Gasteiger partial charge in [0, 0.05) is 23.1 Å². The Labute approximate surface area is 140 Å². The number of carbonyl (C=O) groups excluding carboxylic acids is 2. The summed E-state index contributed by atoms with van der Waals surface area (Å²) in [6, 6.07) is 13.1. The fourth-order valence-corrected chi connectivity index (χ4v) is 2.61. The number of hydrogen-bond acceptors (Lipinski definition) is 3. The van der Waals surface area contributed by atoms with Crippen molar-refractivity contribution in [1.82, 2.24) is 9.78 Å².